The zero-order chi connectivity index (χ0) is 10.6. The van der Waals surface area contributed by atoms with Crippen molar-refractivity contribution in [1.82, 2.24) is 0 Å². The van der Waals surface area contributed by atoms with Crippen molar-refractivity contribution in [3.63, 3.8) is 0 Å². The average Bonchev–Trinajstić information content (AvgIpc) is 2.18. The van der Waals surface area contributed by atoms with Crippen molar-refractivity contribution in [3.05, 3.63) is 27.7 Å². The number of hydrogen-bond acceptors (Lipinski definition) is 2. The van der Waals surface area contributed by atoms with Crippen molar-refractivity contribution in [2.24, 2.45) is 5.73 Å². The molecule has 0 aromatic heterocycles. The minimum absolute atomic E-state index is 0.617. The first kappa shape index (κ1) is 11.6. The van der Waals surface area contributed by atoms with E-state index in [-0.39, 0.29) is 0 Å². The van der Waals surface area contributed by atoms with Crippen LogP contribution in [0.1, 0.15) is 12.0 Å². The first-order valence-electron chi connectivity index (χ1n) is 4.41. The van der Waals surface area contributed by atoms with Crippen molar-refractivity contribution in [2.75, 3.05) is 13.7 Å². The average molecular weight is 234 g/mol. The van der Waals surface area contributed by atoms with Gasteiger partial charge in [0.05, 0.1) is 12.1 Å². The molecule has 0 aliphatic heterocycles. The molecule has 0 atom stereocenters. The van der Waals surface area contributed by atoms with Crippen molar-refractivity contribution < 1.29 is 4.74 Å². The minimum atomic E-state index is 0.617. The molecule has 1 aromatic carbocycles. The minimum Gasteiger partial charge on any atom is -0.495 e. The van der Waals surface area contributed by atoms with E-state index in [2.05, 4.69) is 0 Å². The van der Waals surface area contributed by atoms with Crippen LogP contribution in [0.2, 0.25) is 10.0 Å². The van der Waals surface area contributed by atoms with E-state index < -0.39 is 0 Å². The molecule has 0 aliphatic rings. The summed E-state index contributed by atoms with van der Waals surface area (Å²) in [7, 11) is 1.57. The second-order valence-corrected chi connectivity index (χ2v) is 3.79. The third kappa shape index (κ3) is 2.77. The number of aryl methyl sites for hydroxylation is 1. The predicted octanol–water partition coefficient (Wildman–Crippen LogP) is 2.89. The molecule has 0 bridgehead atoms. The standard InChI is InChI=1S/C10H13Cl2NO/c1-14-9-6-8(11)5-7(10(9)12)3-2-4-13/h5-6H,2-4,13H2,1H3. The fourth-order valence-corrected chi connectivity index (χ4v) is 1.75. The number of hydrogen-bond donors (Lipinski definition) is 1. The second-order valence-electron chi connectivity index (χ2n) is 2.97. The molecule has 4 heteroatoms. The highest BCUT2D eigenvalue weighted by atomic mass is 35.5. The van der Waals surface area contributed by atoms with Gasteiger partial charge in [-0.2, -0.15) is 0 Å². The molecule has 0 aliphatic carbocycles. The van der Waals surface area contributed by atoms with Crippen molar-refractivity contribution in [1.29, 1.82) is 0 Å². The van der Waals surface area contributed by atoms with Crippen LogP contribution >= 0.6 is 23.2 Å². The van der Waals surface area contributed by atoms with E-state index >= 15 is 0 Å². The maximum absolute atomic E-state index is 6.09. The van der Waals surface area contributed by atoms with Crippen LogP contribution in [0.15, 0.2) is 12.1 Å². The molecule has 0 radical (unpaired) electrons. The van der Waals surface area contributed by atoms with E-state index in [1.165, 1.54) is 0 Å². The van der Waals surface area contributed by atoms with Crippen LogP contribution in [0.5, 0.6) is 5.75 Å². The monoisotopic (exact) mass is 233 g/mol. The molecule has 0 unspecified atom stereocenters. The number of halogens is 2. The topological polar surface area (TPSA) is 35.2 Å². The largest absolute Gasteiger partial charge is 0.495 e. The van der Waals surface area contributed by atoms with E-state index in [4.69, 9.17) is 33.7 Å². The molecular formula is C10H13Cl2NO. The van der Waals surface area contributed by atoms with E-state index in [1.54, 1.807) is 13.2 Å². The Kier molecular flexibility index (Phi) is 4.52. The first-order chi connectivity index (χ1) is 6.69. The van der Waals surface area contributed by atoms with Crippen LogP contribution < -0.4 is 10.5 Å². The van der Waals surface area contributed by atoms with Gasteiger partial charge in [0.1, 0.15) is 5.75 Å². The van der Waals surface area contributed by atoms with E-state index in [0.29, 0.717) is 22.3 Å². The molecule has 1 aromatic rings. The van der Waals surface area contributed by atoms with E-state index in [1.807, 2.05) is 6.07 Å². The van der Waals surface area contributed by atoms with Gasteiger partial charge in [0.25, 0.3) is 0 Å². The molecule has 0 fully saturated rings. The Morgan fingerprint density at radius 1 is 1.36 bits per heavy atom. The molecule has 0 spiro atoms. The van der Waals surface area contributed by atoms with Gasteiger partial charge < -0.3 is 10.5 Å². The van der Waals surface area contributed by atoms with Gasteiger partial charge in [-0.1, -0.05) is 23.2 Å². The highest BCUT2D eigenvalue weighted by Crippen LogP contribution is 2.32. The predicted molar refractivity (Wildman–Crippen MR) is 60.4 cm³/mol. The normalized spacial score (nSPS) is 10.3. The summed E-state index contributed by atoms with van der Waals surface area (Å²) >= 11 is 12.0. The molecule has 78 valence electrons. The van der Waals surface area contributed by atoms with Gasteiger partial charge in [-0.05, 0) is 31.0 Å². The van der Waals surface area contributed by atoms with Crippen LogP contribution in [-0.2, 0) is 6.42 Å². The third-order valence-corrected chi connectivity index (χ3v) is 2.60. The Labute approximate surface area is 94.0 Å². The lowest BCUT2D eigenvalue weighted by atomic mass is 10.1. The number of nitrogens with two attached hydrogens (primary N) is 1. The number of methoxy groups -OCH3 is 1. The highest BCUT2D eigenvalue weighted by Gasteiger charge is 2.08. The van der Waals surface area contributed by atoms with Crippen LogP contribution in [-0.4, -0.2) is 13.7 Å². The Balaban J connectivity index is 2.96. The zero-order valence-corrected chi connectivity index (χ0v) is 9.53. The van der Waals surface area contributed by atoms with Crippen LogP contribution in [0.4, 0.5) is 0 Å². The molecule has 0 amide bonds. The fraction of sp³-hybridized carbons (Fsp3) is 0.400. The maximum Gasteiger partial charge on any atom is 0.139 e. The second kappa shape index (κ2) is 5.44. The van der Waals surface area contributed by atoms with Gasteiger partial charge in [0.15, 0.2) is 0 Å². The first-order valence-corrected chi connectivity index (χ1v) is 5.16. The molecular weight excluding hydrogens is 221 g/mol. The van der Waals surface area contributed by atoms with Crippen LogP contribution in [0, 0.1) is 0 Å². The Bertz CT molecular complexity index is 315. The van der Waals surface area contributed by atoms with Crippen LogP contribution in [0.3, 0.4) is 0 Å². The van der Waals surface area contributed by atoms with Gasteiger partial charge in [0, 0.05) is 11.1 Å². The third-order valence-electron chi connectivity index (χ3n) is 1.95. The molecule has 14 heavy (non-hydrogen) atoms. The lowest BCUT2D eigenvalue weighted by Gasteiger charge is -2.09. The molecule has 2 N–H and O–H groups in total. The highest BCUT2D eigenvalue weighted by molar-refractivity contribution is 6.34. The lowest BCUT2D eigenvalue weighted by Crippen LogP contribution is -2.01. The molecule has 2 nitrogen and oxygen atoms in total. The maximum atomic E-state index is 6.09. The smallest absolute Gasteiger partial charge is 0.139 e. The number of benzene rings is 1. The summed E-state index contributed by atoms with van der Waals surface area (Å²) in [5, 5.41) is 1.27. The van der Waals surface area contributed by atoms with Gasteiger partial charge in [-0.25, -0.2) is 0 Å². The Morgan fingerprint density at radius 3 is 2.64 bits per heavy atom. The van der Waals surface area contributed by atoms with E-state index in [0.717, 1.165) is 18.4 Å². The van der Waals surface area contributed by atoms with Crippen LogP contribution in [0.25, 0.3) is 0 Å². The number of rotatable bonds is 4. The van der Waals surface area contributed by atoms with Crippen molar-refractivity contribution in [3.8, 4) is 5.75 Å². The van der Waals surface area contributed by atoms with E-state index in [9.17, 15) is 0 Å². The summed E-state index contributed by atoms with van der Waals surface area (Å²) in [5.74, 6) is 0.617. The lowest BCUT2D eigenvalue weighted by molar-refractivity contribution is 0.414. The molecule has 0 heterocycles. The summed E-state index contributed by atoms with van der Waals surface area (Å²) in [4.78, 5) is 0. The summed E-state index contributed by atoms with van der Waals surface area (Å²) in [6.45, 7) is 0.644. The van der Waals surface area contributed by atoms with Gasteiger partial charge in [-0.15, -0.1) is 0 Å². The Morgan fingerprint density at radius 2 is 2.07 bits per heavy atom. The summed E-state index contributed by atoms with van der Waals surface area (Å²) < 4.78 is 5.10. The van der Waals surface area contributed by atoms with Crippen molar-refractivity contribution in [2.45, 2.75) is 12.8 Å². The summed E-state index contributed by atoms with van der Waals surface area (Å²) in [6.07, 6.45) is 1.72. The molecule has 0 saturated heterocycles. The SMILES string of the molecule is COc1cc(Cl)cc(CCCN)c1Cl. The number of ether oxygens (including phenoxy) is 1. The van der Waals surface area contributed by atoms with Crippen molar-refractivity contribution >= 4 is 23.2 Å². The Hall–Kier alpha value is -0.440. The van der Waals surface area contributed by atoms with Gasteiger partial charge >= 0.3 is 0 Å². The summed E-state index contributed by atoms with van der Waals surface area (Å²) in [5.41, 5.74) is 6.42. The fourth-order valence-electron chi connectivity index (χ4n) is 1.24. The quantitative estimate of drug-likeness (QED) is 0.869. The summed E-state index contributed by atoms with van der Waals surface area (Å²) in [6, 6.07) is 3.55. The molecule has 0 saturated carbocycles. The van der Waals surface area contributed by atoms with Gasteiger partial charge in [-0.3, -0.25) is 0 Å². The van der Waals surface area contributed by atoms with Gasteiger partial charge in [0.2, 0.25) is 0 Å². The zero-order valence-electron chi connectivity index (χ0n) is 8.02. The molecule has 1 rings (SSSR count).